The lowest BCUT2D eigenvalue weighted by Gasteiger charge is -2.10. The topological polar surface area (TPSA) is 42.4 Å². The van der Waals surface area contributed by atoms with Crippen molar-refractivity contribution in [1.82, 2.24) is 4.98 Å². The second-order valence-electron chi connectivity index (χ2n) is 5.51. The van der Waals surface area contributed by atoms with Crippen LogP contribution < -0.4 is 4.74 Å². The van der Waals surface area contributed by atoms with E-state index in [1.807, 2.05) is 6.07 Å². The standard InChI is InChI=1S/C17H21NO2S/c1-2-7-20-14-8-13(10-18-11-14)17(19)16-9-12-5-3-4-6-15(12)21-16/h8-11,17,19H,2-7H2,1H3. The van der Waals surface area contributed by atoms with E-state index >= 15 is 0 Å². The third kappa shape index (κ3) is 3.27. The highest BCUT2D eigenvalue weighted by Gasteiger charge is 2.19. The average Bonchev–Trinajstić information content (AvgIpc) is 2.96. The lowest BCUT2D eigenvalue weighted by atomic mass is 9.98. The molecule has 0 spiro atoms. The maximum atomic E-state index is 10.6. The summed E-state index contributed by atoms with van der Waals surface area (Å²) in [6, 6.07) is 4.06. The van der Waals surface area contributed by atoms with Crippen molar-refractivity contribution >= 4 is 11.3 Å². The van der Waals surface area contributed by atoms with Crippen molar-refractivity contribution in [3.63, 3.8) is 0 Å². The monoisotopic (exact) mass is 303 g/mol. The summed E-state index contributed by atoms with van der Waals surface area (Å²) in [5.41, 5.74) is 2.23. The quantitative estimate of drug-likeness (QED) is 0.911. The lowest BCUT2D eigenvalue weighted by molar-refractivity contribution is 0.222. The predicted molar refractivity (Wildman–Crippen MR) is 85.0 cm³/mol. The molecule has 0 bridgehead atoms. The van der Waals surface area contributed by atoms with Crippen molar-refractivity contribution in [2.24, 2.45) is 0 Å². The zero-order valence-corrected chi connectivity index (χ0v) is 13.2. The Kier molecular flexibility index (Phi) is 4.56. The highest BCUT2D eigenvalue weighted by molar-refractivity contribution is 7.12. The molecule has 21 heavy (non-hydrogen) atoms. The zero-order chi connectivity index (χ0) is 14.7. The molecule has 0 saturated carbocycles. The van der Waals surface area contributed by atoms with Crippen LogP contribution in [0.2, 0.25) is 0 Å². The Morgan fingerprint density at radius 1 is 1.29 bits per heavy atom. The van der Waals surface area contributed by atoms with Gasteiger partial charge < -0.3 is 9.84 Å². The van der Waals surface area contributed by atoms with Crippen LogP contribution in [0.5, 0.6) is 5.75 Å². The van der Waals surface area contributed by atoms with Gasteiger partial charge in [-0.1, -0.05) is 6.92 Å². The molecule has 0 saturated heterocycles. The number of thiophene rings is 1. The van der Waals surface area contributed by atoms with Crippen LogP contribution >= 0.6 is 11.3 Å². The molecule has 0 aromatic carbocycles. The van der Waals surface area contributed by atoms with Gasteiger partial charge in [0.1, 0.15) is 11.9 Å². The fourth-order valence-electron chi connectivity index (χ4n) is 2.70. The first-order valence-corrected chi connectivity index (χ1v) is 8.47. The van der Waals surface area contributed by atoms with Crippen LogP contribution in [0.1, 0.15) is 53.2 Å². The van der Waals surface area contributed by atoms with Crippen LogP contribution in [0.4, 0.5) is 0 Å². The Morgan fingerprint density at radius 2 is 2.14 bits per heavy atom. The summed E-state index contributed by atoms with van der Waals surface area (Å²) >= 11 is 1.74. The van der Waals surface area contributed by atoms with E-state index in [-0.39, 0.29) is 0 Å². The first kappa shape index (κ1) is 14.5. The number of pyridine rings is 1. The molecule has 0 aliphatic heterocycles. The van der Waals surface area contributed by atoms with E-state index in [4.69, 9.17) is 4.74 Å². The summed E-state index contributed by atoms with van der Waals surface area (Å²) in [5.74, 6) is 0.731. The van der Waals surface area contributed by atoms with E-state index in [1.165, 1.54) is 23.3 Å². The minimum Gasteiger partial charge on any atom is -0.492 e. The van der Waals surface area contributed by atoms with Gasteiger partial charge >= 0.3 is 0 Å². The third-order valence-electron chi connectivity index (χ3n) is 3.81. The molecule has 1 atom stereocenters. The zero-order valence-electron chi connectivity index (χ0n) is 12.3. The molecule has 2 heterocycles. The van der Waals surface area contributed by atoms with Crippen LogP contribution in [0.15, 0.2) is 24.5 Å². The van der Waals surface area contributed by atoms with Gasteiger partial charge in [-0.25, -0.2) is 0 Å². The summed E-state index contributed by atoms with van der Waals surface area (Å²) in [7, 11) is 0. The summed E-state index contributed by atoms with van der Waals surface area (Å²) in [5, 5.41) is 10.6. The van der Waals surface area contributed by atoms with E-state index < -0.39 is 6.10 Å². The number of aromatic nitrogens is 1. The molecule has 4 heteroatoms. The number of hydrogen-bond donors (Lipinski definition) is 1. The average molecular weight is 303 g/mol. The molecule has 2 aromatic rings. The van der Waals surface area contributed by atoms with Gasteiger partial charge in [0, 0.05) is 21.5 Å². The van der Waals surface area contributed by atoms with Gasteiger partial charge in [-0.3, -0.25) is 4.98 Å². The van der Waals surface area contributed by atoms with E-state index in [0.29, 0.717) is 6.61 Å². The molecule has 0 amide bonds. The third-order valence-corrected chi connectivity index (χ3v) is 5.10. The Morgan fingerprint density at radius 3 is 2.95 bits per heavy atom. The number of rotatable bonds is 5. The maximum Gasteiger partial charge on any atom is 0.137 e. The number of aliphatic hydroxyl groups excluding tert-OH is 1. The molecule has 3 rings (SSSR count). The van der Waals surface area contributed by atoms with Gasteiger partial charge in [-0.15, -0.1) is 11.3 Å². The fourth-order valence-corrected chi connectivity index (χ4v) is 3.97. The molecular weight excluding hydrogens is 282 g/mol. The highest BCUT2D eigenvalue weighted by Crippen LogP contribution is 2.35. The van der Waals surface area contributed by atoms with Crippen molar-refractivity contribution in [2.45, 2.75) is 45.1 Å². The first-order valence-electron chi connectivity index (χ1n) is 7.65. The van der Waals surface area contributed by atoms with Crippen LogP contribution in [0, 0.1) is 0 Å². The minimum absolute atomic E-state index is 0.599. The van der Waals surface area contributed by atoms with Gasteiger partial charge in [0.2, 0.25) is 0 Å². The number of nitrogens with zero attached hydrogens (tertiary/aromatic N) is 1. The highest BCUT2D eigenvalue weighted by atomic mass is 32.1. The molecule has 1 aliphatic rings. The van der Waals surface area contributed by atoms with Crippen molar-refractivity contribution in [1.29, 1.82) is 0 Å². The number of aliphatic hydroxyl groups is 1. The van der Waals surface area contributed by atoms with E-state index in [9.17, 15) is 5.11 Å². The van der Waals surface area contributed by atoms with Gasteiger partial charge in [0.25, 0.3) is 0 Å². The summed E-state index contributed by atoms with van der Waals surface area (Å²) in [6.45, 7) is 2.75. The molecule has 1 aliphatic carbocycles. The SMILES string of the molecule is CCCOc1cncc(C(O)c2cc3c(s2)CCCC3)c1. The van der Waals surface area contributed by atoms with Crippen LogP contribution in [-0.4, -0.2) is 16.7 Å². The Bertz CT molecular complexity index is 585. The normalized spacial score (nSPS) is 15.5. The van der Waals surface area contributed by atoms with E-state index in [2.05, 4.69) is 18.0 Å². The molecule has 112 valence electrons. The second kappa shape index (κ2) is 6.58. The largest absolute Gasteiger partial charge is 0.492 e. The van der Waals surface area contributed by atoms with Crippen LogP contribution in [0.25, 0.3) is 0 Å². The second-order valence-corrected chi connectivity index (χ2v) is 6.68. The molecule has 2 aromatic heterocycles. The summed E-state index contributed by atoms with van der Waals surface area (Å²) < 4.78 is 5.59. The summed E-state index contributed by atoms with van der Waals surface area (Å²) in [4.78, 5) is 6.66. The number of fused-ring (bicyclic) bond motifs is 1. The first-order chi connectivity index (χ1) is 10.3. The van der Waals surface area contributed by atoms with Gasteiger partial charge in [-0.05, 0) is 49.8 Å². The van der Waals surface area contributed by atoms with E-state index in [1.54, 1.807) is 23.7 Å². The summed E-state index contributed by atoms with van der Waals surface area (Å²) in [6.07, 6.45) is 8.63. The van der Waals surface area contributed by atoms with Crippen molar-refractivity contribution in [3.05, 3.63) is 45.4 Å². The molecule has 0 radical (unpaired) electrons. The lowest BCUT2D eigenvalue weighted by Crippen LogP contribution is -2.01. The van der Waals surface area contributed by atoms with Gasteiger partial charge in [0.05, 0.1) is 12.8 Å². The van der Waals surface area contributed by atoms with Crippen LogP contribution in [-0.2, 0) is 12.8 Å². The van der Waals surface area contributed by atoms with Gasteiger partial charge in [-0.2, -0.15) is 0 Å². The maximum absolute atomic E-state index is 10.6. The molecule has 3 nitrogen and oxygen atoms in total. The van der Waals surface area contributed by atoms with Gasteiger partial charge in [0.15, 0.2) is 0 Å². The molecular formula is C17H21NO2S. The number of ether oxygens (including phenoxy) is 1. The predicted octanol–water partition coefficient (Wildman–Crippen LogP) is 3.89. The van der Waals surface area contributed by atoms with E-state index in [0.717, 1.165) is 35.5 Å². The minimum atomic E-state index is -0.599. The number of aryl methyl sites for hydroxylation is 2. The smallest absolute Gasteiger partial charge is 0.137 e. The molecule has 1 unspecified atom stereocenters. The Balaban J connectivity index is 1.80. The Labute approximate surface area is 129 Å². The molecule has 1 N–H and O–H groups in total. The van der Waals surface area contributed by atoms with Crippen molar-refractivity contribution in [2.75, 3.05) is 6.61 Å². The van der Waals surface area contributed by atoms with Crippen molar-refractivity contribution in [3.8, 4) is 5.75 Å². The number of hydrogen-bond acceptors (Lipinski definition) is 4. The van der Waals surface area contributed by atoms with Crippen molar-refractivity contribution < 1.29 is 9.84 Å². The van der Waals surface area contributed by atoms with Crippen LogP contribution in [0.3, 0.4) is 0 Å². The fraction of sp³-hybridized carbons (Fsp3) is 0.471. The molecule has 0 fully saturated rings. The Hall–Kier alpha value is -1.39.